The Bertz CT molecular complexity index is 1530. The summed E-state index contributed by atoms with van der Waals surface area (Å²) in [7, 11) is 0. The van der Waals surface area contributed by atoms with Gasteiger partial charge in [0.25, 0.3) is 0 Å². The van der Waals surface area contributed by atoms with Crippen LogP contribution in [0.2, 0.25) is 0 Å². The first kappa shape index (κ1) is 32.6. The zero-order valence-corrected chi connectivity index (χ0v) is 27.1. The van der Waals surface area contributed by atoms with Gasteiger partial charge < -0.3 is 10.8 Å². The molecule has 0 amide bonds. The van der Waals surface area contributed by atoms with Gasteiger partial charge in [-0.05, 0) is 52.8 Å². The van der Waals surface area contributed by atoms with Gasteiger partial charge in [-0.15, -0.1) is 0 Å². The molecule has 0 unspecified atom stereocenters. The second-order valence-corrected chi connectivity index (χ2v) is 12.1. The van der Waals surface area contributed by atoms with Crippen molar-refractivity contribution >= 4 is 5.97 Å². The Kier molecular flexibility index (Phi) is 10.3. The average molecular weight is 631 g/mol. The predicted octanol–water partition coefficient (Wildman–Crippen LogP) is 8.85. The molecule has 0 fully saturated rings. The molecule has 0 saturated carbocycles. The lowest BCUT2D eigenvalue weighted by atomic mass is 9.66. The molecule has 1 atom stereocenters. The molecule has 0 heterocycles. The fraction of sp³-hybridized carbons (Fsp3) is 0.159. The molecule has 6 aromatic rings. The largest absolute Gasteiger partial charge is 0.480 e. The number of carboxylic acids is 1. The summed E-state index contributed by atoms with van der Waals surface area (Å²) in [5.74, 6) is -0.883. The predicted molar refractivity (Wildman–Crippen MR) is 195 cm³/mol. The Morgan fingerprint density at radius 1 is 0.479 bits per heavy atom. The van der Waals surface area contributed by atoms with E-state index in [1.54, 1.807) is 0 Å². The number of benzene rings is 6. The van der Waals surface area contributed by atoms with E-state index in [1.165, 1.54) is 0 Å². The standard InChI is InChI=1S/C44H42N2O2/c45-34-20-19-33-41(42(47)48)46(43(35-21-7-1-8-22-35,36-23-9-2-10-24-36)37-25-11-3-12-26-37)44(38-27-13-4-14-28-38,39-29-15-5-16-30-39)40-31-17-6-18-32-40/h1-18,21-32,41H,19-20,33-34,45H2,(H,47,48)/t41-/m0/s1. The molecule has 0 spiro atoms. The number of nitrogens with two attached hydrogens (primary N) is 1. The Balaban J connectivity index is 1.90. The maximum absolute atomic E-state index is 14.1. The highest BCUT2D eigenvalue weighted by Crippen LogP contribution is 2.55. The minimum Gasteiger partial charge on any atom is -0.480 e. The Morgan fingerprint density at radius 3 is 0.938 bits per heavy atom. The van der Waals surface area contributed by atoms with E-state index in [9.17, 15) is 9.90 Å². The molecule has 0 bridgehead atoms. The summed E-state index contributed by atoms with van der Waals surface area (Å²) in [6, 6.07) is 61.4. The van der Waals surface area contributed by atoms with Gasteiger partial charge in [0.2, 0.25) is 0 Å². The first-order chi connectivity index (χ1) is 23.6. The Labute approximate surface area is 284 Å². The lowest BCUT2D eigenvalue weighted by molar-refractivity contribution is -0.149. The number of hydrogen-bond donors (Lipinski definition) is 2. The number of aliphatic carboxylic acids is 1. The molecule has 4 heteroatoms. The van der Waals surface area contributed by atoms with Gasteiger partial charge in [0, 0.05) is 0 Å². The number of nitrogens with zero attached hydrogens (tertiary/aromatic N) is 1. The highest BCUT2D eigenvalue weighted by atomic mass is 16.4. The van der Waals surface area contributed by atoms with Gasteiger partial charge >= 0.3 is 5.97 Å². The molecule has 0 aromatic heterocycles. The monoisotopic (exact) mass is 630 g/mol. The number of unbranched alkanes of at least 4 members (excludes halogenated alkanes) is 1. The molecular weight excluding hydrogens is 588 g/mol. The van der Waals surface area contributed by atoms with Crippen molar-refractivity contribution in [1.82, 2.24) is 4.90 Å². The number of hydrogen-bond acceptors (Lipinski definition) is 3. The van der Waals surface area contributed by atoms with Crippen LogP contribution >= 0.6 is 0 Å². The molecule has 0 saturated heterocycles. The van der Waals surface area contributed by atoms with Gasteiger partial charge in [-0.3, -0.25) is 9.69 Å². The van der Waals surface area contributed by atoms with E-state index in [4.69, 9.17) is 5.73 Å². The van der Waals surface area contributed by atoms with Crippen molar-refractivity contribution in [2.24, 2.45) is 5.73 Å². The summed E-state index contributed by atoms with van der Waals surface area (Å²) >= 11 is 0. The van der Waals surface area contributed by atoms with Crippen LogP contribution in [0.15, 0.2) is 182 Å². The molecule has 0 aliphatic heterocycles. The van der Waals surface area contributed by atoms with E-state index in [0.29, 0.717) is 19.4 Å². The number of carbonyl (C=O) groups is 1. The molecule has 0 aliphatic carbocycles. The zero-order chi connectivity index (χ0) is 33.2. The van der Waals surface area contributed by atoms with Crippen LogP contribution in [0.5, 0.6) is 0 Å². The van der Waals surface area contributed by atoms with Crippen molar-refractivity contribution < 1.29 is 9.90 Å². The van der Waals surface area contributed by atoms with Crippen LogP contribution in [0.4, 0.5) is 0 Å². The van der Waals surface area contributed by atoms with Crippen LogP contribution in [0.1, 0.15) is 52.6 Å². The molecule has 6 rings (SSSR count). The molecular formula is C44H42N2O2. The van der Waals surface area contributed by atoms with Crippen LogP contribution < -0.4 is 5.73 Å². The number of rotatable bonds is 14. The minimum absolute atomic E-state index is 0.398. The third-order valence-corrected chi connectivity index (χ3v) is 9.40. The maximum Gasteiger partial charge on any atom is 0.321 e. The summed E-state index contributed by atoms with van der Waals surface area (Å²) in [5.41, 5.74) is 9.68. The molecule has 0 aliphatic rings. The summed E-state index contributed by atoms with van der Waals surface area (Å²) in [6.07, 6.45) is 1.78. The van der Waals surface area contributed by atoms with E-state index in [-0.39, 0.29) is 0 Å². The third kappa shape index (κ3) is 5.97. The molecule has 3 N–H and O–H groups in total. The Morgan fingerprint density at radius 2 is 0.729 bits per heavy atom. The van der Waals surface area contributed by atoms with E-state index in [2.05, 4.69) is 77.7 Å². The van der Waals surface area contributed by atoms with Crippen LogP contribution in [0.25, 0.3) is 0 Å². The van der Waals surface area contributed by atoms with Gasteiger partial charge in [-0.25, -0.2) is 0 Å². The van der Waals surface area contributed by atoms with E-state index in [1.807, 2.05) is 109 Å². The van der Waals surface area contributed by atoms with Gasteiger partial charge in [0.15, 0.2) is 0 Å². The summed E-state index contributed by atoms with van der Waals surface area (Å²) in [6.45, 7) is 0.495. The van der Waals surface area contributed by atoms with Gasteiger partial charge in [-0.2, -0.15) is 0 Å². The first-order valence-electron chi connectivity index (χ1n) is 16.7. The summed E-state index contributed by atoms with van der Waals surface area (Å²) < 4.78 is 0. The Hall–Kier alpha value is -5.29. The SMILES string of the molecule is NCCCC[C@@H](C(=O)O)N(C(c1ccccc1)(c1ccccc1)c1ccccc1)C(c1ccccc1)(c1ccccc1)c1ccccc1. The first-order valence-corrected chi connectivity index (χ1v) is 16.7. The summed E-state index contributed by atoms with van der Waals surface area (Å²) in [4.78, 5) is 16.5. The van der Waals surface area contributed by atoms with Crippen LogP contribution in [-0.2, 0) is 15.9 Å². The molecule has 4 nitrogen and oxygen atoms in total. The van der Waals surface area contributed by atoms with Gasteiger partial charge in [0.05, 0.1) is 11.1 Å². The lowest BCUT2D eigenvalue weighted by Crippen LogP contribution is -2.65. The van der Waals surface area contributed by atoms with Crippen molar-refractivity contribution in [2.75, 3.05) is 6.54 Å². The zero-order valence-electron chi connectivity index (χ0n) is 27.1. The second-order valence-electron chi connectivity index (χ2n) is 12.1. The molecule has 48 heavy (non-hydrogen) atoms. The van der Waals surface area contributed by atoms with Crippen molar-refractivity contribution in [2.45, 2.75) is 36.4 Å². The lowest BCUT2D eigenvalue weighted by Gasteiger charge is -2.58. The van der Waals surface area contributed by atoms with E-state index >= 15 is 0 Å². The highest BCUT2D eigenvalue weighted by molar-refractivity contribution is 5.75. The van der Waals surface area contributed by atoms with Gasteiger partial charge in [-0.1, -0.05) is 188 Å². The normalized spacial score (nSPS) is 12.5. The quantitative estimate of drug-likeness (QED) is 0.0932. The second kappa shape index (κ2) is 15.1. The van der Waals surface area contributed by atoms with Gasteiger partial charge in [0.1, 0.15) is 6.04 Å². The topological polar surface area (TPSA) is 66.6 Å². The van der Waals surface area contributed by atoms with Crippen molar-refractivity contribution in [3.05, 3.63) is 215 Å². The number of carboxylic acid groups (broad SMARTS) is 1. The fourth-order valence-electron chi connectivity index (χ4n) is 7.47. The van der Waals surface area contributed by atoms with Crippen molar-refractivity contribution in [1.29, 1.82) is 0 Å². The minimum atomic E-state index is -1.09. The van der Waals surface area contributed by atoms with Crippen molar-refractivity contribution in [3.8, 4) is 0 Å². The summed E-state index contributed by atoms with van der Waals surface area (Å²) in [5, 5.41) is 11.6. The molecule has 6 aromatic carbocycles. The van der Waals surface area contributed by atoms with E-state index in [0.717, 1.165) is 39.8 Å². The third-order valence-electron chi connectivity index (χ3n) is 9.40. The average Bonchev–Trinajstić information content (AvgIpc) is 3.16. The molecule has 240 valence electrons. The smallest absolute Gasteiger partial charge is 0.321 e. The van der Waals surface area contributed by atoms with E-state index < -0.39 is 23.1 Å². The van der Waals surface area contributed by atoms with Crippen LogP contribution in [0, 0.1) is 0 Å². The van der Waals surface area contributed by atoms with Crippen molar-refractivity contribution in [3.63, 3.8) is 0 Å². The maximum atomic E-state index is 14.1. The fourth-order valence-corrected chi connectivity index (χ4v) is 7.47. The highest BCUT2D eigenvalue weighted by Gasteiger charge is 2.58. The molecule has 0 radical (unpaired) electrons. The van der Waals surface area contributed by atoms with Crippen LogP contribution in [0.3, 0.4) is 0 Å². The van der Waals surface area contributed by atoms with Crippen LogP contribution in [-0.4, -0.2) is 28.6 Å².